The Morgan fingerprint density at radius 1 is 1.18 bits per heavy atom. The Kier molecular flexibility index (Phi) is 5.27. The maximum absolute atomic E-state index is 13.0. The van der Waals surface area contributed by atoms with Crippen molar-refractivity contribution in [2.45, 2.75) is 25.1 Å². The first-order valence-corrected chi connectivity index (χ1v) is 10.2. The van der Waals surface area contributed by atoms with E-state index in [0.717, 1.165) is 17.8 Å². The normalized spacial score (nSPS) is 17.8. The third-order valence-electron chi connectivity index (χ3n) is 5.34. The van der Waals surface area contributed by atoms with Crippen LogP contribution in [0.15, 0.2) is 36.5 Å². The molecule has 12 heteroatoms. The van der Waals surface area contributed by atoms with Crippen molar-refractivity contribution in [1.29, 1.82) is 0 Å². The molecule has 1 saturated heterocycles. The lowest BCUT2D eigenvalue weighted by Crippen LogP contribution is -2.44. The van der Waals surface area contributed by atoms with Gasteiger partial charge in [0.25, 0.3) is 5.91 Å². The molecule has 5 rings (SSSR count). The lowest BCUT2D eigenvalue weighted by atomic mass is 10.1. The van der Waals surface area contributed by atoms with Gasteiger partial charge in [0.05, 0.1) is 12.2 Å². The number of likely N-dealkylation sites (tertiary alicyclic amines) is 1. The molecule has 0 bridgehead atoms. The molecule has 33 heavy (non-hydrogen) atoms. The number of hydrogen-bond donors (Lipinski definition) is 1. The number of piperidine rings is 1. The van der Waals surface area contributed by atoms with Crippen LogP contribution >= 0.6 is 0 Å². The fraction of sp³-hybridized carbons (Fsp3) is 0.333. The van der Waals surface area contributed by atoms with E-state index in [9.17, 15) is 18.0 Å². The van der Waals surface area contributed by atoms with Crippen molar-refractivity contribution >= 4 is 5.91 Å². The number of hydrogen-bond acceptors (Lipinski definition) is 7. The summed E-state index contributed by atoms with van der Waals surface area (Å²) in [5, 5.41) is 6.97. The highest BCUT2D eigenvalue weighted by atomic mass is 19.4. The zero-order chi connectivity index (χ0) is 23.0. The van der Waals surface area contributed by atoms with E-state index in [1.807, 2.05) is 6.07 Å². The summed E-state index contributed by atoms with van der Waals surface area (Å²) in [5.41, 5.74) is 0.540. The van der Waals surface area contributed by atoms with Gasteiger partial charge in [0.1, 0.15) is 11.8 Å². The van der Waals surface area contributed by atoms with Crippen molar-refractivity contribution in [3.05, 3.63) is 47.9 Å². The second kappa shape index (κ2) is 8.26. The number of halogens is 3. The van der Waals surface area contributed by atoms with Crippen LogP contribution in [0.2, 0.25) is 0 Å². The Bertz CT molecular complexity index is 1180. The maximum atomic E-state index is 13.0. The van der Waals surface area contributed by atoms with Crippen molar-refractivity contribution in [2.24, 2.45) is 0 Å². The molecule has 2 aliphatic heterocycles. The van der Waals surface area contributed by atoms with E-state index in [2.05, 4.69) is 20.2 Å². The van der Waals surface area contributed by atoms with Gasteiger partial charge in [-0.2, -0.15) is 23.3 Å². The van der Waals surface area contributed by atoms with Gasteiger partial charge in [0, 0.05) is 18.3 Å². The van der Waals surface area contributed by atoms with E-state index in [1.165, 1.54) is 0 Å². The fourth-order valence-electron chi connectivity index (χ4n) is 3.73. The van der Waals surface area contributed by atoms with Crippen LogP contribution in [0.4, 0.5) is 13.2 Å². The lowest BCUT2D eigenvalue weighted by Gasteiger charge is -2.32. The molecule has 172 valence electrons. The summed E-state index contributed by atoms with van der Waals surface area (Å²) in [7, 11) is 0. The molecule has 4 heterocycles. The smallest absolute Gasteiger partial charge is 0.433 e. The average molecular weight is 461 g/mol. The second-order valence-electron chi connectivity index (χ2n) is 7.59. The molecule has 2 aromatic heterocycles. The first kappa shape index (κ1) is 21.0. The van der Waals surface area contributed by atoms with Crippen LogP contribution in [0.25, 0.3) is 11.3 Å². The summed E-state index contributed by atoms with van der Waals surface area (Å²) in [6.07, 6.45) is -2.93. The van der Waals surface area contributed by atoms with Crippen molar-refractivity contribution in [1.82, 2.24) is 25.1 Å². The van der Waals surface area contributed by atoms with Crippen LogP contribution < -0.4 is 14.2 Å². The molecular weight excluding hydrogens is 443 g/mol. The number of amides is 1. The van der Waals surface area contributed by atoms with Gasteiger partial charge >= 0.3 is 12.2 Å². The monoisotopic (exact) mass is 461 g/mol. The summed E-state index contributed by atoms with van der Waals surface area (Å²) in [4.78, 5) is 21.8. The zero-order valence-corrected chi connectivity index (χ0v) is 17.1. The fourth-order valence-corrected chi connectivity index (χ4v) is 3.73. The molecule has 0 aliphatic carbocycles. The second-order valence-corrected chi connectivity index (χ2v) is 7.59. The summed E-state index contributed by atoms with van der Waals surface area (Å²) >= 11 is 0. The molecule has 1 fully saturated rings. The molecule has 0 spiro atoms. The number of benzene rings is 1. The van der Waals surface area contributed by atoms with Crippen LogP contribution in [0, 0.1) is 0 Å². The van der Waals surface area contributed by atoms with Crippen molar-refractivity contribution in [3.8, 4) is 28.8 Å². The predicted octanol–water partition coefficient (Wildman–Crippen LogP) is 3.30. The Morgan fingerprint density at radius 3 is 2.88 bits per heavy atom. The maximum Gasteiger partial charge on any atom is 0.433 e. The number of aromatic nitrogens is 4. The zero-order valence-electron chi connectivity index (χ0n) is 17.1. The van der Waals surface area contributed by atoms with Gasteiger partial charge in [-0.15, -0.1) is 0 Å². The third kappa shape index (κ3) is 4.41. The van der Waals surface area contributed by atoms with E-state index in [1.54, 1.807) is 23.1 Å². The molecule has 9 nitrogen and oxygen atoms in total. The SMILES string of the molecule is O=C(c1cc(-c2ccc3c(c2)OCO3)n[nH]1)N1CCCC(Oc2nccc(C(F)(F)F)n2)C1. The van der Waals surface area contributed by atoms with Gasteiger partial charge in [0.15, 0.2) is 17.2 Å². The summed E-state index contributed by atoms with van der Waals surface area (Å²) in [5.74, 6) is 0.971. The lowest BCUT2D eigenvalue weighted by molar-refractivity contribution is -0.141. The number of nitrogens with one attached hydrogen (secondary N) is 1. The van der Waals surface area contributed by atoms with E-state index < -0.39 is 18.0 Å². The number of H-pyrrole nitrogens is 1. The van der Waals surface area contributed by atoms with Gasteiger partial charge in [-0.1, -0.05) is 0 Å². The number of nitrogens with zero attached hydrogens (tertiary/aromatic N) is 4. The number of fused-ring (bicyclic) bond motifs is 1. The van der Waals surface area contributed by atoms with Crippen LogP contribution in [-0.4, -0.2) is 57.0 Å². The number of alkyl halides is 3. The van der Waals surface area contributed by atoms with E-state index in [-0.39, 0.29) is 25.3 Å². The van der Waals surface area contributed by atoms with Crippen molar-refractivity contribution in [3.63, 3.8) is 0 Å². The summed E-state index contributed by atoms with van der Waals surface area (Å²) in [6, 6.07) is 7.43. The minimum atomic E-state index is -4.59. The van der Waals surface area contributed by atoms with E-state index >= 15 is 0 Å². The Balaban J connectivity index is 1.26. The molecule has 0 saturated carbocycles. The third-order valence-corrected chi connectivity index (χ3v) is 5.34. The molecule has 0 radical (unpaired) electrons. The standard InChI is InChI=1S/C21H18F3N5O4/c22-21(23,24)18-5-6-25-20(26-18)33-13-2-1-7-29(10-13)19(30)15-9-14(27-28-15)12-3-4-16-17(8-12)32-11-31-16/h3-6,8-9,13H,1-2,7,10-11H2,(H,27,28). The topological polar surface area (TPSA) is 102 Å². The first-order valence-electron chi connectivity index (χ1n) is 10.2. The summed E-state index contributed by atoms with van der Waals surface area (Å²) < 4.78 is 54.8. The van der Waals surface area contributed by atoms with Gasteiger partial charge in [-0.25, -0.2) is 4.98 Å². The number of carbonyl (C=O) groups excluding carboxylic acids is 1. The molecule has 1 N–H and O–H groups in total. The molecule has 1 amide bonds. The van der Waals surface area contributed by atoms with Crippen LogP contribution in [0.3, 0.4) is 0 Å². The Labute approximate surface area is 185 Å². The summed E-state index contributed by atoms with van der Waals surface area (Å²) in [6.45, 7) is 0.837. The first-order chi connectivity index (χ1) is 15.9. The Morgan fingerprint density at radius 2 is 2.03 bits per heavy atom. The number of rotatable bonds is 4. The number of ether oxygens (including phenoxy) is 3. The largest absolute Gasteiger partial charge is 0.458 e. The van der Waals surface area contributed by atoms with Crippen molar-refractivity contribution < 1.29 is 32.2 Å². The van der Waals surface area contributed by atoms with Gasteiger partial charge in [-0.3, -0.25) is 9.89 Å². The van der Waals surface area contributed by atoms with Crippen molar-refractivity contribution in [2.75, 3.05) is 19.9 Å². The highest BCUT2D eigenvalue weighted by molar-refractivity contribution is 5.93. The quantitative estimate of drug-likeness (QED) is 0.636. The van der Waals surface area contributed by atoms with Gasteiger partial charge < -0.3 is 19.1 Å². The molecular formula is C21H18F3N5O4. The van der Waals surface area contributed by atoms with Gasteiger partial charge in [0.2, 0.25) is 6.79 Å². The molecule has 3 aromatic rings. The highest BCUT2D eigenvalue weighted by Gasteiger charge is 2.34. The molecule has 2 aliphatic rings. The molecule has 1 unspecified atom stereocenters. The van der Waals surface area contributed by atoms with Gasteiger partial charge in [-0.05, 0) is 43.2 Å². The van der Waals surface area contributed by atoms with Crippen LogP contribution in [0.5, 0.6) is 17.5 Å². The minimum absolute atomic E-state index is 0.160. The average Bonchev–Trinajstić information content (AvgIpc) is 3.48. The molecule has 1 atom stereocenters. The number of aromatic amines is 1. The molecule has 1 aromatic carbocycles. The Hall–Kier alpha value is -3.83. The minimum Gasteiger partial charge on any atom is -0.458 e. The predicted molar refractivity (Wildman–Crippen MR) is 107 cm³/mol. The highest BCUT2D eigenvalue weighted by Crippen LogP contribution is 2.35. The number of carbonyl (C=O) groups is 1. The van der Waals surface area contributed by atoms with Crippen LogP contribution in [0.1, 0.15) is 29.0 Å². The van der Waals surface area contributed by atoms with E-state index in [0.29, 0.717) is 42.3 Å². The van der Waals surface area contributed by atoms with Crippen LogP contribution in [-0.2, 0) is 6.18 Å². The van der Waals surface area contributed by atoms with E-state index in [4.69, 9.17) is 14.2 Å².